The summed E-state index contributed by atoms with van der Waals surface area (Å²) in [7, 11) is 1.69. The van der Waals surface area contributed by atoms with Crippen molar-refractivity contribution in [3.05, 3.63) is 65.2 Å². The third kappa shape index (κ3) is 2.63. The van der Waals surface area contributed by atoms with Crippen LogP contribution in [-0.2, 0) is 11.3 Å². The first kappa shape index (κ1) is 16.2. The zero-order valence-corrected chi connectivity index (χ0v) is 15.3. The van der Waals surface area contributed by atoms with Crippen LogP contribution < -0.4 is 9.80 Å². The number of ether oxygens (including phenoxy) is 1. The second kappa shape index (κ2) is 5.92. The molecule has 3 nitrogen and oxygen atoms in total. The molecule has 2 heterocycles. The van der Waals surface area contributed by atoms with Crippen LogP contribution in [0.1, 0.15) is 30.5 Å². The summed E-state index contributed by atoms with van der Waals surface area (Å²) in [5.74, 6) is 0.877. The maximum atomic E-state index is 6.37. The van der Waals surface area contributed by atoms with Crippen LogP contribution >= 0.6 is 0 Å². The van der Waals surface area contributed by atoms with Gasteiger partial charge in [-0.25, -0.2) is 5.06 Å². The molecule has 0 spiro atoms. The van der Waals surface area contributed by atoms with E-state index in [2.05, 4.69) is 68.3 Å². The zero-order chi connectivity index (χ0) is 17.6. The van der Waals surface area contributed by atoms with E-state index < -0.39 is 0 Å². The molecular weight excluding hydrogens is 310 g/mol. The Kier molecular flexibility index (Phi) is 3.84. The maximum Gasteiger partial charge on any atom is 0.118 e. The largest absolute Gasteiger partial charge is 0.497 e. The van der Waals surface area contributed by atoms with Crippen LogP contribution in [-0.4, -0.2) is 19.3 Å². The molecular formula is C22H25NO2. The first-order valence-corrected chi connectivity index (χ1v) is 8.87. The Labute approximate surface area is 149 Å². The SMILES string of the molecule is COc1ccc(C=CC2ON3c4cccc(C)c4CC3C2(C)C)cc1. The lowest BCUT2D eigenvalue weighted by atomic mass is 9.78. The van der Waals surface area contributed by atoms with E-state index in [9.17, 15) is 0 Å². The summed E-state index contributed by atoms with van der Waals surface area (Å²) in [4.78, 5) is 6.37. The number of anilines is 1. The van der Waals surface area contributed by atoms with Crippen LogP contribution in [0.5, 0.6) is 5.75 Å². The van der Waals surface area contributed by atoms with Crippen LogP contribution in [0.3, 0.4) is 0 Å². The van der Waals surface area contributed by atoms with E-state index >= 15 is 0 Å². The van der Waals surface area contributed by atoms with Gasteiger partial charge in [0.15, 0.2) is 0 Å². The minimum absolute atomic E-state index is 0.0500. The van der Waals surface area contributed by atoms with E-state index in [0.717, 1.165) is 17.7 Å². The van der Waals surface area contributed by atoms with E-state index in [-0.39, 0.29) is 11.5 Å². The zero-order valence-electron chi connectivity index (χ0n) is 15.3. The standard InChI is InChI=1S/C22H25NO2/c1-15-6-5-7-19-18(15)14-20-22(2,3)21(25-23(19)20)13-10-16-8-11-17(24-4)12-9-16/h5-13,20-21H,14H2,1-4H3. The fourth-order valence-corrected chi connectivity index (χ4v) is 3.94. The van der Waals surface area contributed by atoms with Crippen molar-refractivity contribution >= 4 is 11.8 Å². The first-order chi connectivity index (χ1) is 12.0. The van der Waals surface area contributed by atoms with Crippen LogP contribution in [0, 0.1) is 12.3 Å². The average molecular weight is 335 g/mol. The summed E-state index contributed by atoms with van der Waals surface area (Å²) in [6.45, 7) is 6.80. The van der Waals surface area contributed by atoms with Crippen molar-refractivity contribution in [2.75, 3.05) is 12.2 Å². The Morgan fingerprint density at radius 3 is 2.64 bits per heavy atom. The van der Waals surface area contributed by atoms with Gasteiger partial charge in [0.1, 0.15) is 11.9 Å². The van der Waals surface area contributed by atoms with Crippen LogP contribution in [0.25, 0.3) is 6.08 Å². The monoisotopic (exact) mass is 335 g/mol. The van der Waals surface area contributed by atoms with Crippen LogP contribution in [0.4, 0.5) is 5.69 Å². The third-order valence-corrected chi connectivity index (χ3v) is 5.70. The molecule has 2 atom stereocenters. The summed E-state index contributed by atoms with van der Waals surface area (Å²) in [6, 6.07) is 15.0. The van der Waals surface area contributed by atoms with Crippen molar-refractivity contribution in [1.82, 2.24) is 0 Å². The van der Waals surface area contributed by atoms with Gasteiger partial charge in [0, 0.05) is 5.41 Å². The molecule has 0 bridgehead atoms. The number of hydrogen-bond acceptors (Lipinski definition) is 3. The second-order valence-corrected chi connectivity index (χ2v) is 7.60. The normalized spacial score (nSPS) is 23.8. The molecule has 4 rings (SSSR count). The van der Waals surface area contributed by atoms with E-state index in [0.29, 0.717) is 6.04 Å². The summed E-state index contributed by atoms with van der Waals surface area (Å²) in [5, 5.41) is 2.14. The smallest absolute Gasteiger partial charge is 0.118 e. The number of methoxy groups -OCH3 is 1. The van der Waals surface area contributed by atoms with Crippen molar-refractivity contribution in [3.63, 3.8) is 0 Å². The van der Waals surface area contributed by atoms with Gasteiger partial charge in [0.05, 0.1) is 18.8 Å². The molecule has 130 valence electrons. The molecule has 1 fully saturated rings. The Balaban J connectivity index is 1.57. The third-order valence-electron chi connectivity index (χ3n) is 5.70. The number of hydroxylamine groups is 1. The summed E-state index contributed by atoms with van der Waals surface area (Å²) < 4.78 is 5.22. The molecule has 2 aliphatic rings. The van der Waals surface area contributed by atoms with Gasteiger partial charge in [-0.2, -0.15) is 0 Å². The summed E-state index contributed by atoms with van der Waals surface area (Å²) in [5.41, 5.74) is 5.23. The molecule has 2 aliphatic heterocycles. The Morgan fingerprint density at radius 1 is 1.16 bits per heavy atom. The van der Waals surface area contributed by atoms with E-state index in [1.807, 2.05) is 12.1 Å². The highest BCUT2D eigenvalue weighted by molar-refractivity contribution is 5.62. The molecule has 0 saturated carbocycles. The molecule has 2 unspecified atom stereocenters. The lowest BCUT2D eigenvalue weighted by Crippen LogP contribution is -2.36. The Hall–Kier alpha value is -2.26. The highest BCUT2D eigenvalue weighted by atomic mass is 16.7. The fraction of sp³-hybridized carbons (Fsp3) is 0.364. The summed E-state index contributed by atoms with van der Waals surface area (Å²) >= 11 is 0. The molecule has 25 heavy (non-hydrogen) atoms. The molecule has 2 aromatic carbocycles. The minimum Gasteiger partial charge on any atom is -0.497 e. The van der Waals surface area contributed by atoms with Gasteiger partial charge in [-0.15, -0.1) is 0 Å². The first-order valence-electron chi connectivity index (χ1n) is 8.87. The van der Waals surface area contributed by atoms with Gasteiger partial charge in [0.2, 0.25) is 0 Å². The molecule has 1 saturated heterocycles. The molecule has 0 amide bonds. The highest BCUT2D eigenvalue weighted by Crippen LogP contribution is 2.49. The molecule has 3 heteroatoms. The Bertz CT molecular complexity index is 807. The topological polar surface area (TPSA) is 21.7 Å². The van der Waals surface area contributed by atoms with Crippen molar-refractivity contribution in [2.24, 2.45) is 5.41 Å². The number of fused-ring (bicyclic) bond motifs is 3. The predicted octanol–water partition coefficient (Wildman–Crippen LogP) is 4.79. The number of hydrogen-bond donors (Lipinski definition) is 0. The minimum atomic E-state index is 0.0500. The van der Waals surface area contributed by atoms with Crippen LogP contribution in [0.15, 0.2) is 48.5 Å². The van der Waals surface area contributed by atoms with Gasteiger partial charge in [0.25, 0.3) is 0 Å². The molecule has 2 aromatic rings. The van der Waals surface area contributed by atoms with Gasteiger partial charge >= 0.3 is 0 Å². The molecule has 0 aromatic heterocycles. The second-order valence-electron chi connectivity index (χ2n) is 7.60. The fourth-order valence-electron chi connectivity index (χ4n) is 3.94. The molecule has 0 radical (unpaired) electrons. The van der Waals surface area contributed by atoms with Crippen molar-refractivity contribution in [2.45, 2.75) is 39.3 Å². The molecule has 0 N–H and O–H groups in total. The summed E-state index contributed by atoms with van der Waals surface area (Å²) in [6.07, 6.45) is 5.45. The van der Waals surface area contributed by atoms with Gasteiger partial charge in [-0.05, 0) is 48.2 Å². The van der Waals surface area contributed by atoms with Crippen LogP contribution in [0.2, 0.25) is 0 Å². The highest BCUT2D eigenvalue weighted by Gasteiger charge is 2.52. The number of benzene rings is 2. The Morgan fingerprint density at radius 2 is 1.92 bits per heavy atom. The van der Waals surface area contributed by atoms with E-state index in [1.165, 1.54) is 16.8 Å². The van der Waals surface area contributed by atoms with Crippen molar-refractivity contribution < 1.29 is 9.57 Å². The van der Waals surface area contributed by atoms with Crippen molar-refractivity contribution in [1.29, 1.82) is 0 Å². The maximum absolute atomic E-state index is 6.37. The number of aryl methyl sites for hydroxylation is 1. The van der Waals surface area contributed by atoms with Gasteiger partial charge in [-0.3, -0.25) is 4.84 Å². The van der Waals surface area contributed by atoms with Crippen molar-refractivity contribution in [3.8, 4) is 5.75 Å². The lowest BCUT2D eigenvalue weighted by molar-refractivity contribution is 0.0849. The lowest BCUT2D eigenvalue weighted by Gasteiger charge is -2.26. The number of rotatable bonds is 3. The average Bonchev–Trinajstić information content (AvgIpc) is 3.10. The van der Waals surface area contributed by atoms with Gasteiger partial charge < -0.3 is 4.74 Å². The quantitative estimate of drug-likeness (QED) is 0.805. The molecule has 0 aliphatic carbocycles. The van der Waals surface area contributed by atoms with Gasteiger partial charge in [-0.1, -0.05) is 50.3 Å². The number of nitrogens with zero attached hydrogens (tertiary/aromatic N) is 1. The predicted molar refractivity (Wildman–Crippen MR) is 102 cm³/mol. The van der Waals surface area contributed by atoms with E-state index in [1.54, 1.807) is 7.11 Å². The van der Waals surface area contributed by atoms with E-state index in [4.69, 9.17) is 9.57 Å².